The lowest BCUT2D eigenvalue weighted by atomic mass is 9.95. The lowest BCUT2D eigenvalue weighted by Crippen LogP contribution is -2.44. The van der Waals surface area contributed by atoms with Crippen molar-refractivity contribution in [1.82, 2.24) is 19.8 Å². The van der Waals surface area contributed by atoms with E-state index in [1.807, 2.05) is 24.9 Å². The molecule has 2 aromatic carbocycles. The van der Waals surface area contributed by atoms with Gasteiger partial charge in [-0.2, -0.15) is 15.2 Å². The smallest absolute Gasteiger partial charge is 0.319 e. The minimum atomic E-state index is -0.961. The van der Waals surface area contributed by atoms with Gasteiger partial charge in [-0.15, -0.1) is 11.3 Å². The van der Waals surface area contributed by atoms with Crippen molar-refractivity contribution in [3.63, 3.8) is 0 Å². The fraction of sp³-hybridized carbons (Fsp3) is 0.412. The van der Waals surface area contributed by atoms with E-state index >= 15 is 4.39 Å². The zero-order valence-electron chi connectivity index (χ0n) is 26.4. The Kier molecular flexibility index (Phi) is 8.17. The molecule has 4 aromatic rings. The van der Waals surface area contributed by atoms with Crippen LogP contribution in [0.25, 0.3) is 32.1 Å². The molecular weight excluding hydrogens is 663 g/mol. The number of fused-ring (bicyclic) bond motifs is 3. The van der Waals surface area contributed by atoms with Gasteiger partial charge in [-0.3, -0.25) is 9.69 Å². The van der Waals surface area contributed by atoms with Gasteiger partial charge in [-0.05, 0) is 56.5 Å². The fourth-order valence-corrected chi connectivity index (χ4v) is 9.17. The Hall–Kier alpha value is -4.12. The minimum Gasteiger partial charge on any atom is -0.461 e. The Bertz CT molecular complexity index is 2040. The number of aromatic nitrogens is 2. The van der Waals surface area contributed by atoms with Crippen molar-refractivity contribution in [2.75, 3.05) is 43.9 Å². The van der Waals surface area contributed by atoms with Gasteiger partial charge in [0.2, 0.25) is 5.91 Å². The number of likely N-dealkylation sites (tertiary alicyclic amines) is 1. The van der Waals surface area contributed by atoms with Gasteiger partial charge in [0.25, 0.3) is 0 Å². The van der Waals surface area contributed by atoms with Crippen LogP contribution >= 0.6 is 22.9 Å². The summed E-state index contributed by atoms with van der Waals surface area (Å²) in [5, 5.41) is 10.4. The van der Waals surface area contributed by atoms with Gasteiger partial charge in [0.15, 0.2) is 5.82 Å². The molecule has 1 amide bonds. The van der Waals surface area contributed by atoms with E-state index in [-0.39, 0.29) is 72.9 Å². The van der Waals surface area contributed by atoms with Crippen molar-refractivity contribution in [2.45, 2.75) is 56.4 Å². The van der Waals surface area contributed by atoms with E-state index in [2.05, 4.69) is 16.5 Å². The molecule has 3 aliphatic heterocycles. The lowest BCUT2D eigenvalue weighted by Gasteiger charge is -2.33. The van der Waals surface area contributed by atoms with Crippen LogP contribution in [-0.4, -0.2) is 82.8 Å². The molecule has 14 heteroatoms. The van der Waals surface area contributed by atoms with Crippen LogP contribution in [0.4, 0.5) is 24.0 Å². The SMILES string of the molecule is C=CC(=O)N1CCC(N(C)c2nc(OC[C@@]34CCCN3C[C@H](F)C4)nc3c(F)c(-c4ccc(F)c5sc(N)c(C#N)c45)c(Cl)cc23)C1C. The summed E-state index contributed by atoms with van der Waals surface area (Å²) in [5.74, 6) is -1.25. The van der Waals surface area contributed by atoms with Gasteiger partial charge in [-0.25, -0.2) is 13.2 Å². The first kappa shape index (κ1) is 32.4. The van der Waals surface area contributed by atoms with E-state index in [0.29, 0.717) is 37.1 Å². The van der Waals surface area contributed by atoms with Gasteiger partial charge < -0.3 is 20.3 Å². The summed E-state index contributed by atoms with van der Waals surface area (Å²) in [6.07, 6.45) is 2.96. The third-order valence-electron chi connectivity index (χ3n) is 10.3. The predicted molar refractivity (Wildman–Crippen MR) is 181 cm³/mol. The van der Waals surface area contributed by atoms with Crippen molar-refractivity contribution < 1.29 is 22.7 Å². The number of alkyl halides is 1. The summed E-state index contributed by atoms with van der Waals surface area (Å²) in [5.41, 5.74) is 5.62. The van der Waals surface area contributed by atoms with E-state index in [1.54, 1.807) is 11.0 Å². The topological polar surface area (TPSA) is 112 Å². The molecule has 0 bridgehead atoms. The number of nitrogen functional groups attached to an aromatic ring is 1. The Morgan fingerprint density at radius 1 is 1.35 bits per heavy atom. The molecule has 2 N–H and O–H groups in total. The molecule has 4 atom stereocenters. The van der Waals surface area contributed by atoms with Crippen LogP contribution in [-0.2, 0) is 4.79 Å². The minimum absolute atomic E-state index is 0.00292. The van der Waals surface area contributed by atoms with E-state index < -0.39 is 23.3 Å². The van der Waals surface area contributed by atoms with Crippen LogP contribution in [0.1, 0.15) is 38.2 Å². The molecule has 48 heavy (non-hydrogen) atoms. The van der Waals surface area contributed by atoms with Crippen molar-refractivity contribution in [3.05, 3.63) is 53.1 Å². The second-order valence-corrected chi connectivity index (χ2v) is 14.3. The molecule has 0 aliphatic carbocycles. The average molecular weight is 696 g/mol. The van der Waals surface area contributed by atoms with Crippen LogP contribution in [0.5, 0.6) is 6.01 Å². The normalized spacial score (nSPS) is 23.9. The van der Waals surface area contributed by atoms with Gasteiger partial charge in [0.1, 0.15) is 41.0 Å². The number of carbonyl (C=O) groups excluding carboxylic acids is 1. The summed E-state index contributed by atoms with van der Waals surface area (Å²) in [6, 6.07) is 5.62. The number of hydrogen-bond acceptors (Lipinski definition) is 9. The highest BCUT2D eigenvalue weighted by molar-refractivity contribution is 7.23. The average Bonchev–Trinajstić information content (AvgIpc) is 3.81. The van der Waals surface area contributed by atoms with Crippen molar-refractivity contribution in [2.24, 2.45) is 0 Å². The lowest BCUT2D eigenvalue weighted by molar-refractivity contribution is -0.126. The maximum Gasteiger partial charge on any atom is 0.319 e. The van der Waals surface area contributed by atoms with E-state index in [4.69, 9.17) is 27.1 Å². The van der Waals surface area contributed by atoms with Crippen LogP contribution in [0.2, 0.25) is 5.02 Å². The molecule has 2 unspecified atom stereocenters. The van der Waals surface area contributed by atoms with Gasteiger partial charge in [0.05, 0.1) is 26.9 Å². The Morgan fingerprint density at radius 2 is 2.15 bits per heavy atom. The predicted octanol–water partition coefficient (Wildman–Crippen LogP) is 6.46. The monoisotopic (exact) mass is 695 g/mol. The van der Waals surface area contributed by atoms with Gasteiger partial charge >= 0.3 is 6.01 Å². The number of nitriles is 1. The molecule has 7 rings (SSSR count). The van der Waals surface area contributed by atoms with Crippen LogP contribution in [0, 0.1) is 23.0 Å². The first-order valence-corrected chi connectivity index (χ1v) is 17.0. The van der Waals surface area contributed by atoms with E-state index in [0.717, 1.165) is 30.7 Å². The number of nitrogens with zero attached hydrogens (tertiary/aromatic N) is 6. The highest BCUT2D eigenvalue weighted by Crippen LogP contribution is 2.46. The van der Waals surface area contributed by atoms with Crippen molar-refractivity contribution in [1.29, 1.82) is 5.26 Å². The molecule has 3 fully saturated rings. The van der Waals surface area contributed by atoms with Crippen LogP contribution in [0.15, 0.2) is 30.9 Å². The number of thiophene rings is 1. The van der Waals surface area contributed by atoms with Crippen molar-refractivity contribution in [3.8, 4) is 23.2 Å². The fourth-order valence-electron chi connectivity index (χ4n) is 7.92. The second kappa shape index (κ2) is 12.1. The second-order valence-electron chi connectivity index (χ2n) is 12.8. The molecular formula is C34H33ClF3N7O2S. The summed E-state index contributed by atoms with van der Waals surface area (Å²) in [4.78, 5) is 27.5. The number of carbonyl (C=O) groups is 1. The van der Waals surface area contributed by atoms with Gasteiger partial charge in [0, 0.05) is 48.9 Å². The first-order valence-electron chi connectivity index (χ1n) is 15.8. The summed E-state index contributed by atoms with van der Waals surface area (Å²) < 4.78 is 52.8. The quantitative estimate of drug-likeness (QED) is 0.219. The highest BCUT2D eigenvalue weighted by Gasteiger charge is 2.49. The summed E-state index contributed by atoms with van der Waals surface area (Å²) in [6.45, 7) is 7.30. The van der Waals surface area contributed by atoms with Crippen LogP contribution < -0.4 is 15.4 Å². The number of hydrogen-bond donors (Lipinski definition) is 1. The third kappa shape index (κ3) is 5.04. The number of rotatable bonds is 7. The third-order valence-corrected chi connectivity index (χ3v) is 11.6. The number of halogens is 4. The first-order chi connectivity index (χ1) is 23.0. The molecule has 9 nitrogen and oxygen atoms in total. The van der Waals surface area contributed by atoms with E-state index in [1.165, 1.54) is 18.2 Å². The number of ether oxygens (including phenoxy) is 1. The summed E-state index contributed by atoms with van der Waals surface area (Å²) >= 11 is 7.74. The summed E-state index contributed by atoms with van der Waals surface area (Å²) in [7, 11) is 1.81. The number of amides is 1. The molecule has 5 heterocycles. The zero-order valence-corrected chi connectivity index (χ0v) is 28.0. The standard InChI is InChI=1S/C34H33ClF3N7O2S/c1-4-25(46)45-11-8-24(17(45)2)43(3)32-20-12-22(35)27(19-6-7-23(37)30-26(19)21(14-39)31(40)48-30)28(38)29(20)41-33(42-32)47-16-34-9-5-10-44(34)15-18(36)13-34/h4,6-7,12,17-18,24H,1,5,8-11,13,15-16,40H2,2-3H3/t17?,18-,24?,34+/m1/s1. The molecule has 0 saturated carbocycles. The number of likely N-dealkylation sites (N-methyl/N-ethyl adjacent to an activating group) is 1. The molecule has 2 aromatic heterocycles. The van der Waals surface area contributed by atoms with Crippen molar-refractivity contribution >= 4 is 60.7 Å². The highest BCUT2D eigenvalue weighted by atomic mass is 35.5. The maximum absolute atomic E-state index is 17.0. The maximum atomic E-state index is 17.0. The molecule has 3 aliphatic rings. The van der Waals surface area contributed by atoms with Crippen LogP contribution in [0.3, 0.4) is 0 Å². The Morgan fingerprint density at radius 3 is 2.90 bits per heavy atom. The molecule has 0 radical (unpaired) electrons. The Balaban J connectivity index is 1.38. The molecule has 250 valence electrons. The van der Waals surface area contributed by atoms with Gasteiger partial charge in [-0.1, -0.05) is 24.2 Å². The number of benzene rings is 2. The Labute approximate surface area is 284 Å². The van der Waals surface area contributed by atoms with E-state index in [9.17, 15) is 18.8 Å². The zero-order chi connectivity index (χ0) is 34.1. The largest absolute Gasteiger partial charge is 0.461 e. The molecule has 3 saturated heterocycles. The number of nitrogens with two attached hydrogens (primary N) is 1. The molecule has 0 spiro atoms. The number of anilines is 2.